The second kappa shape index (κ2) is 11.0. The van der Waals surface area contributed by atoms with Gasteiger partial charge in [0.2, 0.25) is 5.91 Å². The zero-order valence-corrected chi connectivity index (χ0v) is 18.9. The first-order valence-electron chi connectivity index (χ1n) is 11.1. The Hall–Kier alpha value is -4.39. The Morgan fingerprint density at radius 1 is 0.912 bits per heavy atom. The van der Waals surface area contributed by atoms with Crippen molar-refractivity contribution in [2.24, 2.45) is 0 Å². The molecule has 172 valence electrons. The van der Waals surface area contributed by atoms with Crippen LogP contribution in [0.5, 0.6) is 5.75 Å². The van der Waals surface area contributed by atoms with Crippen molar-refractivity contribution >= 4 is 17.6 Å². The van der Waals surface area contributed by atoms with Crippen LogP contribution in [0, 0.1) is 0 Å². The van der Waals surface area contributed by atoms with Crippen LogP contribution in [-0.2, 0) is 9.59 Å². The van der Waals surface area contributed by atoms with Crippen LogP contribution in [0.3, 0.4) is 0 Å². The summed E-state index contributed by atoms with van der Waals surface area (Å²) in [5.74, 6) is 0.560. The van der Waals surface area contributed by atoms with Crippen molar-refractivity contribution in [2.75, 3.05) is 25.0 Å². The highest BCUT2D eigenvalue weighted by molar-refractivity contribution is 5.94. The number of hydrogen-bond donors (Lipinski definition) is 1. The number of rotatable bonds is 9. The fourth-order valence-corrected chi connectivity index (χ4v) is 3.47. The first-order valence-corrected chi connectivity index (χ1v) is 11.1. The normalized spacial score (nSPS) is 10.5. The Bertz CT molecular complexity index is 1220. The number of likely N-dealkylation sites (N-methyl/N-ethyl adjacent to an activating group) is 1. The lowest BCUT2D eigenvalue weighted by Gasteiger charge is -2.20. The average Bonchev–Trinajstić information content (AvgIpc) is 3.31. The summed E-state index contributed by atoms with van der Waals surface area (Å²) in [7, 11) is 0. The third-order valence-corrected chi connectivity index (χ3v) is 5.22. The van der Waals surface area contributed by atoms with E-state index in [0.29, 0.717) is 18.1 Å². The molecule has 0 fully saturated rings. The lowest BCUT2D eigenvalue weighted by atomic mass is 10.1. The van der Waals surface area contributed by atoms with Gasteiger partial charge in [0.05, 0.1) is 17.9 Å². The maximum Gasteiger partial charge on any atom is 0.260 e. The summed E-state index contributed by atoms with van der Waals surface area (Å²) in [6.07, 6.45) is 0. The maximum absolute atomic E-state index is 12.9. The van der Waals surface area contributed by atoms with Crippen LogP contribution in [0.4, 0.5) is 5.82 Å². The smallest absolute Gasteiger partial charge is 0.260 e. The first kappa shape index (κ1) is 22.8. The Morgan fingerprint density at radius 3 is 2.18 bits per heavy atom. The Kier molecular flexibility index (Phi) is 7.35. The van der Waals surface area contributed by atoms with Gasteiger partial charge in [0.25, 0.3) is 5.91 Å². The molecule has 0 aliphatic rings. The Balaban J connectivity index is 1.48. The molecule has 0 spiro atoms. The number of benzene rings is 3. The average molecular weight is 455 g/mol. The van der Waals surface area contributed by atoms with Gasteiger partial charge in [0.15, 0.2) is 6.61 Å². The van der Waals surface area contributed by atoms with Crippen molar-refractivity contribution in [3.63, 3.8) is 0 Å². The molecule has 0 saturated carbocycles. The van der Waals surface area contributed by atoms with E-state index < -0.39 is 0 Å². The van der Waals surface area contributed by atoms with E-state index in [2.05, 4.69) is 5.32 Å². The highest BCUT2D eigenvalue weighted by Gasteiger charge is 2.19. The summed E-state index contributed by atoms with van der Waals surface area (Å²) >= 11 is 0. The topological polar surface area (TPSA) is 76.5 Å². The van der Waals surface area contributed by atoms with Crippen LogP contribution in [0.1, 0.15) is 6.92 Å². The lowest BCUT2D eigenvalue weighted by molar-refractivity contribution is -0.136. The molecular formula is C27H26N4O3. The number of carbonyl (C=O) groups is 2. The van der Waals surface area contributed by atoms with Crippen LogP contribution in [0.25, 0.3) is 16.9 Å². The van der Waals surface area contributed by atoms with Crippen LogP contribution < -0.4 is 10.1 Å². The van der Waals surface area contributed by atoms with E-state index in [4.69, 9.17) is 9.84 Å². The number of nitrogens with one attached hydrogen (secondary N) is 1. The molecule has 1 N–H and O–H groups in total. The number of amides is 2. The molecule has 3 aromatic carbocycles. The van der Waals surface area contributed by atoms with Gasteiger partial charge < -0.3 is 15.0 Å². The molecule has 2 amide bonds. The van der Waals surface area contributed by atoms with E-state index in [1.807, 2.05) is 91.9 Å². The molecular weight excluding hydrogens is 428 g/mol. The molecule has 4 rings (SSSR count). The monoisotopic (exact) mass is 454 g/mol. The second-order valence-electron chi connectivity index (χ2n) is 7.59. The molecule has 0 saturated heterocycles. The number of nitrogens with zero attached hydrogens (tertiary/aromatic N) is 3. The van der Waals surface area contributed by atoms with Crippen molar-refractivity contribution in [3.8, 4) is 22.7 Å². The minimum absolute atomic E-state index is 0.0892. The number of aromatic nitrogens is 2. The van der Waals surface area contributed by atoms with Gasteiger partial charge in [-0.25, -0.2) is 4.68 Å². The van der Waals surface area contributed by atoms with Gasteiger partial charge >= 0.3 is 0 Å². The standard InChI is InChI=1S/C27H26N4O3/c1-2-30(27(33)20-34-23-16-10-5-11-17-23)19-26(32)28-25-18-24(21-12-6-3-7-13-21)29-31(25)22-14-8-4-9-15-22/h3-18H,2,19-20H2,1H3,(H,28,32). The molecule has 0 radical (unpaired) electrons. The van der Waals surface area contributed by atoms with Gasteiger partial charge in [0, 0.05) is 18.2 Å². The number of anilines is 1. The predicted octanol–water partition coefficient (Wildman–Crippen LogP) is 4.41. The third-order valence-electron chi connectivity index (χ3n) is 5.22. The van der Waals surface area contributed by atoms with Gasteiger partial charge in [-0.3, -0.25) is 9.59 Å². The lowest BCUT2D eigenvalue weighted by Crippen LogP contribution is -2.40. The second-order valence-corrected chi connectivity index (χ2v) is 7.59. The molecule has 0 unspecified atom stereocenters. The highest BCUT2D eigenvalue weighted by Crippen LogP contribution is 2.24. The minimum atomic E-state index is -0.313. The summed E-state index contributed by atoms with van der Waals surface area (Å²) < 4.78 is 7.23. The summed E-state index contributed by atoms with van der Waals surface area (Å²) in [5, 5.41) is 7.62. The maximum atomic E-state index is 12.9. The summed E-state index contributed by atoms with van der Waals surface area (Å²) in [6.45, 7) is 1.99. The first-order chi connectivity index (χ1) is 16.6. The van der Waals surface area contributed by atoms with Crippen molar-refractivity contribution in [2.45, 2.75) is 6.92 Å². The highest BCUT2D eigenvalue weighted by atomic mass is 16.5. The number of hydrogen-bond acceptors (Lipinski definition) is 4. The third kappa shape index (κ3) is 5.69. The van der Waals surface area contributed by atoms with Crippen molar-refractivity contribution in [3.05, 3.63) is 97.1 Å². The van der Waals surface area contributed by atoms with Crippen LogP contribution in [0.15, 0.2) is 97.1 Å². The van der Waals surface area contributed by atoms with Crippen LogP contribution in [0.2, 0.25) is 0 Å². The number of carbonyl (C=O) groups excluding carboxylic acids is 2. The molecule has 1 heterocycles. The number of ether oxygens (including phenoxy) is 1. The van der Waals surface area contributed by atoms with E-state index in [1.54, 1.807) is 16.8 Å². The van der Waals surface area contributed by atoms with Gasteiger partial charge in [-0.05, 0) is 31.2 Å². The van der Waals surface area contributed by atoms with E-state index in [0.717, 1.165) is 16.9 Å². The zero-order valence-electron chi connectivity index (χ0n) is 18.9. The van der Waals surface area contributed by atoms with Crippen molar-refractivity contribution in [1.82, 2.24) is 14.7 Å². The molecule has 4 aromatic rings. The predicted molar refractivity (Wildman–Crippen MR) is 132 cm³/mol. The number of para-hydroxylation sites is 2. The quantitative estimate of drug-likeness (QED) is 0.407. The fraction of sp³-hybridized carbons (Fsp3) is 0.148. The molecule has 0 aliphatic heterocycles. The fourth-order valence-electron chi connectivity index (χ4n) is 3.47. The molecule has 0 atom stereocenters. The van der Waals surface area contributed by atoms with Gasteiger partial charge in [-0.2, -0.15) is 5.10 Å². The largest absolute Gasteiger partial charge is 0.484 e. The van der Waals surface area contributed by atoms with E-state index in [9.17, 15) is 9.59 Å². The van der Waals surface area contributed by atoms with Gasteiger partial charge in [-0.15, -0.1) is 0 Å². The molecule has 7 nitrogen and oxygen atoms in total. The summed E-state index contributed by atoms with van der Waals surface area (Å²) in [4.78, 5) is 27.0. The Labute approximate surface area is 198 Å². The Morgan fingerprint density at radius 2 is 1.53 bits per heavy atom. The van der Waals surface area contributed by atoms with Crippen molar-refractivity contribution < 1.29 is 14.3 Å². The summed E-state index contributed by atoms with van der Waals surface area (Å²) in [6, 6.07) is 30.3. The molecule has 34 heavy (non-hydrogen) atoms. The SMILES string of the molecule is CCN(CC(=O)Nc1cc(-c2ccccc2)nn1-c1ccccc1)C(=O)COc1ccccc1. The van der Waals surface area contributed by atoms with Gasteiger partial charge in [-0.1, -0.05) is 66.7 Å². The van der Waals surface area contributed by atoms with Gasteiger partial charge in [0.1, 0.15) is 11.6 Å². The minimum Gasteiger partial charge on any atom is -0.484 e. The molecule has 0 aliphatic carbocycles. The zero-order chi connectivity index (χ0) is 23.8. The van der Waals surface area contributed by atoms with Crippen LogP contribution in [-0.4, -0.2) is 46.2 Å². The van der Waals surface area contributed by atoms with E-state index >= 15 is 0 Å². The van der Waals surface area contributed by atoms with E-state index in [-0.39, 0.29) is 25.0 Å². The van der Waals surface area contributed by atoms with Crippen LogP contribution >= 0.6 is 0 Å². The molecule has 0 bridgehead atoms. The molecule has 7 heteroatoms. The molecule has 1 aromatic heterocycles. The van der Waals surface area contributed by atoms with E-state index in [1.165, 1.54) is 4.90 Å². The summed E-state index contributed by atoms with van der Waals surface area (Å²) in [5.41, 5.74) is 2.50. The van der Waals surface area contributed by atoms with Crippen molar-refractivity contribution in [1.29, 1.82) is 0 Å².